The average molecular weight is 256 g/mol. The van der Waals surface area contributed by atoms with Crippen molar-refractivity contribution in [3.63, 3.8) is 0 Å². The summed E-state index contributed by atoms with van der Waals surface area (Å²) in [5.41, 5.74) is -1.29. The van der Waals surface area contributed by atoms with E-state index in [1.165, 1.54) is 17.9 Å². The van der Waals surface area contributed by atoms with Gasteiger partial charge in [-0.15, -0.1) is 0 Å². The second-order valence-electron chi connectivity index (χ2n) is 4.49. The fourth-order valence-electron chi connectivity index (χ4n) is 1.98. The molecule has 1 aromatic heterocycles. The van der Waals surface area contributed by atoms with Gasteiger partial charge in [0.25, 0.3) is 5.56 Å². The molecular formula is C11H16N2O5. The summed E-state index contributed by atoms with van der Waals surface area (Å²) in [6.07, 6.45) is 1.26. The SMILES string of the molecule is COC1(CO)COC(n2cc(C)c(=O)[nH]c2=O)C1. The van der Waals surface area contributed by atoms with E-state index in [1.807, 2.05) is 0 Å². The number of methoxy groups -OCH3 is 1. The van der Waals surface area contributed by atoms with Crippen LogP contribution in [0.3, 0.4) is 0 Å². The van der Waals surface area contributed by atoms with Crippen molar-refractivity contribution in [3.05, 3.63) is 32.6 Å². The lowest BCUT2D eigenvalue weighted by atomic mass is 10.0. The second kappa shape index (κ2) is 4.68. The molecule has 100 valence electrons. The van der Waals surface area contributed by atoms with E-state index in [0.717, 1.165) is 0 Å². The summed E-state index contributed by atoms with van der Waals surface area (Å²) < 4.78 is 12.0. The van der Waals surface area contributed by atoms with Crippen molar-refractivity contribution in [1.82, 2.24) is 9.55 Å². The number of H-pyrrole nitrogens is 1. The van der Waals surface area contributed by atoms with Gasteiger partial charge >= 0.3 is 5.69 Å². The van der Waals surface area contributed by atoms with E-state index in [4.69, 9.17) is 9.47 Å². The minimum Gasteiger partial charge on any atom is -0.393 e. The molecule has 18 heavy (non-hydrogen) atoms. The van der Waals surface area contributed by atoms with Crippen LogP contribution in [0.5, 0.6) is 0 Å². The molecule has 2 atom stereocenters. The molecule has 2 unspecified atom stereocenters. The van der Waals surface area contributed by atoms with Crippen molar-refractivity contribution in [2.24, 2.45) is 0 Å². The molecule has 2 heterocycles. The molecule has 1 aromatic rings. The quantitative estimate of drug-likeness (QED) is 0.734. The van der Waals surface area contributed by atoms with Crippen LogP contribution in [0, 0.1) is 6.92 Å². The number of hydrogen-bond donors (Lipinski definition) is 2. The van der Waals surface area contributed by atoms with E-state index < -0.39 is 23.1 Å². The predicted molar refractivity (Wildman–Crippen MR) is 62.5 cm³/mol. The monoisotopic (exact) mass is 256 g/mol. The largest absolute Gasteiger partial charge is 0.393 e. The van der Waals surface area contributed by atoms with Gasteiger partial charge in [0.15, 0.2) is 0 Å². The minimum atomic E-state index is -0.784. The summed E-state index contributed by atoms with van der Waals surface area (Å²) >= 11 is 0. The molecule has 1 fully saturated rings. The Kier molecular flexibility index (Phi) is 3.38. The lowest BCUT2D eigenvalue weighted by Crippen LogP contribution is -2.37. The summed E-state index contributed by atoms with van der Waals surface area (Å²) in [4.78, 5) is 25.2. The molecule has 1 aliphatic heterocycles. The number of aliphatic hydroxyl groups is 1. The molecule has 0 radical (unpaired) electrons. The van der Waals surface area contributed by atoms with Crippen molar-refractivity contribution >= 4 is 0 Å². The van der Waals surface area contributed by atoms with Crippen molar-refractivity contribution in [2.45, 2.75) is 25.2 Å². The Morgan fingerprint density at radius 2 is 2.39 bits per heavy atom. The maximum atomic E-state index is 11.7. The van der Waals surface area contributed by atoms with Crippen LogP contribution in [-0.2, 0) is 9.47 Å². The third-order valence-corrected chi connectivity index (χ3v) is 3.26. The Bertz CT molecular complexity index is 543. The van der Waals surface area contributed by atoms with Gasteiger partial charge in [0.2, 0.25) is 0 Å². The number of aromatic amines is 1. The van der Waals surface area contributed by atoms with E-state index in [0.29, 0.717) is 12.0 Å². The van der Waals surface area contributed by atoms with Crippen LogP contribution < -0.4 is 11.2 Å². The first-order valence-corrected chi connectivity index (χ1v) is 5.61. The summed E-state index contributed by atoms with van der Waals surface area (Å²) in [6.45, 7) is 1.63. The molecule has 0 spiro atoms. The number of aliphatic hydroxyl groups excluding tert-OH is 1. The number of aromatic nitrogens is 2. The standard InChI is InChI=1S/C11H16N2O5/c1-7-4-13(10(16)12-9(7)15)8-3-11(5-14,17-2)6-18-8/h4,8,14H,3,5-6H2,1-2H3,(H,12,15,16). The van der Waals surface area contributed by atoms with E-state index in [9.17, 15) is 14.7 Å². The van der Waals surface area contributed by atoms with E-state index in [2.05, 4.69) is 4.98 Å². The molecule has 2 N–H and O–H groups in total. The van der Waals surface area contributed by atoms with Gasteiger partial charge in [0, 0.05) is 25.3 Å². The molecule has 0 aromatic carbocycles. The Morgan fingerprint density at radius 1 is 1.67 bits per heavy atom. The summed E-state index contributed by atoms with van der Waals surface area (Å²) in [5.74, 6) is 0. The molecule has 0 aliphatic carbocycles. The third-order valence-electron chi connectivity index (χ3n) is 3.26. The van der Waals surface area contributed by atoms with Crippen LogP contribution in [0.2, 0.25) is 0 Å². The van der Waals surface area contributed by atoms with Gasteiger partial charge in [0.05, 0.1) is 13.2 Å². The van der Waals surface area contributed by atoms with Gasteiger partial charge in [-0.3, -0.25) is 14.3 Å². The predicted octanol–water partition coefficient (Wildman–Crippen LogP) is -0.859. The maximum Gasteiger partial charge on any atom is 0.330 e. The fraction of sp³-hybridized carbons (Fsp3) is 0.636. The van der Waals surface area contributed by atoms with E-state index >= 15 is 0 Å². The molecular weight excluding hydrogens is 240 g/mol. The minimum absolute atomic E-state index is 0.183. The number of nitrogens with one attached hydrogen (secondary N) is 1. The van der Waals surface area contributed by atoms with Crippen LogP contribution in [0.25, 0.3) is 0 Å². The molecule has 1 saturated heterocycles. The number of aryl methyl sites for hydroxylation is 1. The lowest BCUT2D eigenvalue weighted by Gasteiger charge is -2.22. The third kappa shape index (κ3) is 2.12. The van der Waals surface area contributed by atoms with Gasteiger partial charge in [-0.05, 0) is 6.92 Å². The Balaban J connectivity index is 2.33. The average Bonchev–Trinajstić information content (AvgIpc) is 2.79. The van der Waals surface area contributed by atoms with Gasteiger partial charge in [-0.1, -0.05) is 0 Å². The first kappa shape index (κ1) is 13.0. The summed E-state index contributed by atoms with van der Waals surface area (Å²) in [7, 11) is 1.49. The smallest absolute Gasteiger partial charge is 0.330 e. The Labute approximate surface area is 103 Å². The van der Waals surface area contributed by atoms with E-state index in [-0.39, 0.29) is 13.2 Å². The van der Waals surface area contributed by atoms with Crippen molar-refractivity contribution in [2.75, 3.05) is 20.3 Å². The van der Waals surface area contributed by atoms with Gasteiger partial charge in [-0.25, -0.2) is 4.79 Å². The molecule has 7 heteroatoms. The summed E-state index contributed by atoms with van der Waals surface area (Å²) in [5, 5.41) is 9.30. The topological polar surface area (TPSA) is 93.5 Å². The van der Waals surface area contributed by atoms with E-state index in [1.54, 1.807) is 6.92 Å². The number of rotatable bonds is 3. The Hall–Kier alpha value is -1.44. The van der Waals surface area contributed by atoms with Crippen LogP contribution in [0.1, 0.15) is 18.2 Å². The van der Waals surface area contributed by atoms with Crippen molar-refractivity contribution in [1.29, 1.82) is 0 Å². The molecule has 7 nitrogen and oxygen atoms in total. The second-order valence-corrected chi connectivity index (χ2v) is 4.49. The zero-order valence-electron chi connectivity index (χ0n) is 10.3. The van der Waals surface area contributed by atoms with Crippen LogP contribution >= 0.6 is 0 Å². The fourth-order valence-corrected chi connectivity index (χ4v) is 1.98. The maximum absolute atomic E-state index is 11.7. The molecule has 2 rings (SSSR count). The van der Waals surface area contributed by atoms with Crippen LogP contribution in [-0.4, -0.2) is 40.6 Å². The van der Waals surface area contributed by atoms with Gasteiger partial charge in [0.1, 0.15) is 11.8 Å². The van der Waals surface area contributed by atoms with Crippen LogP contribution in [0.4, 0.5) is 0 Å². The van der Waals surface area contributed by atoms with Gasteiger partial charge in [-0.2, -0.15) is 0 Å². The number of nitrogens with zero attached hydrogens (tertiary/aromatic N) is 1. The highest BCUT2D eigenvalue weighted by atomic mass is 16.6. The number of ether oxygens (including phenoxy) is 2. The summed E-state index contributed by atoms with van der Waals surface area (Å²) in [6, 6.07) is 0. The lowest BCUT2D eigenvalue weighted by molar-refractivity contribution is -0.0557. The highest BCUT2D eigenvalue weighted by Gasteiger charge is 2.41. The highest BCUT2D eigenvalue weighted by molar-refractivity contribution is 5.02. The molecule has 1 aliphatic rings. The van der Waals surface area contributed by atoms with Gasteiger partial charge < -0.3 is 14.6 Å². The Morgan fingerprint density at radius 3 is 2.94 bits per heavy atom. The normalized spacial score (nSPS) is 27.6. The first-order chi connectivity index (χ1) is 8.51. The number of hydrogen-bond acceptors (Lipinski definition) is 5. The van der Waals surface area contributed by atoms with Crippen LogP contribution in [0.15, 0.2) is 15.8 Å². The zero-order valence-corrected chi connectivity index (χ0v) is 10.3. The molecule has 0 saturated carbocycles. The highest BCUT2D eigenvalue weighted by Crippen LogP contribution is 2.32. The van der Waals surface area contributed by atoms with Crippen molar-refractivity contribution in [3.8, 4) is 0 Å². The zero-order chi connectivity index (χ0) is 13.3. The van der Waals surface area contributed by atoms with Crippen molar-refractivity contribution < 1.29 is 14.6 Å². The molecule has 0 amide bonds. The molecule has 0 bridgehead atoms. The first-order valence-electron chi connectivity index (χ1n) is 5.61.